The Morgan fingerprint density at radius 1 is 1.07 bits per heavy atom. The first-order valence-corrected chi connectivity index (χ1v) is 4.81. The SMILES string of the molecule is On1ccccc1=Nc1ccccc1Cl. The van der Waals surface area contributed by atoms with Crippen LogP contribution in [0.1, 0.15) is 0 Å². The number of aromatic nitrogens is 1. The van der Waals surface area contributed by atoms with E-state index in [4.69, 9.17) is 11.6 Å². The second kappa shape index (κ2) is 4.19. The summed E-state index contributed by atoms with van der Waals surface area (Å²) in [5.41, 5.74) is 1.07. The van der Waals surface area contributed by atoms with Crippen LogP contribution in [0.4, 0.5) is 5.69 Å². The summed E-state index contributed by atoms with van der Waals surface area (Å²) < 4.78 is 0.948. The number of benzene rings is 1. The lowest BCUT2D eigenvalue weighted by molar-refractivity contribution is 0.172. The number of hydrogen-bond donors (Lipinski definition) is 1. The third-order valence-corrected chi connectivity index (χ3v) is 2.23. The zero-order valence-corrected chi connectivity index (χ0v) is 8.59. The molecule has 15 heavy (non-hydrogen) atoms. The summed E-state index contributed by atoms with van der Waals surface area (Å²) in [6, 6.07) is 12.4. The molecule has 0 aliphatic rings. The summed E-state index contributed by atoms with van der Waals surface area (Å²) in [7, 11) is 0. The Bertz CT molecular complexity index is 534. The van der Waals surface area contributed by atoms with Crippen LogP contribution in [-0.4, -0.2) is 9.94 Å². The minimum atomic E-state index is 0.436. The number of pyridine rings is 1. The van der Waals surface area contributed by atoms with E-state index < -0.39 is 0 Å². The van der Waals surface area contributed by atoms with Crippen molar-refractivity contribution in [1.29, 1.82) is 0 Å². The number of rotatable bonds is 1. The maximum absolute atomic E-state index is 9.44. The average Bonchev–Trinajstić information content (AvgIpc) is 2.24. The van der Waals surface area contributed by atoms with Gasteiger partial charge in [0, 0.05) is 6.20 Å². The highest BCUT2D eigenvalue weighted by molar-refractivity contribution is 6.32. The molecule has 0 fully saturated rings. The Morgan fingerprint density at radius 2 is 1.80 bits per heavy atom. The molecule has 0 aliphatic heterocycles. The van der Waals surface area contributed by atoms with Crippen molar-refractivity contribution >= 4 is 17.3 Å². The Labute approximate surface area is 91.9 Å². The van der Waals surface area contributed by atoms with Gasteiger partial charge in [0.25, 0.3) is 0 Å². The van der Waals surface area contributed by atoms with E-state index in [9.17, 15) is 5.21 Å². The van der Waals surface area contributed by atoms with Crippen molar-refractivity contribution in [3.05, 3.63) is 59.2 Å². The number of nitrogens with zero attached hydrogens (tertiary/aromatic N) is 2. The van der Waals surface area contributed by atoms with Gasteiger partial charge in [-0.25, -0.2) is 4.99 Å². The highest BCUT2D eigenvalue weighted by atomic mass is 35.5. The molecule has 0 aliphatic carbocycles. The van der Waals surface area contributed by atoms with Crippen LogP contribution in [-0.2, 0) is 0 Å². The quantitative estimate of drug-likeness (QED) is 0.737. The first kappa shape index (κ1) is 9.80. The van der Waals surface area contributed by atoms with Crippen LogP contribution in [0.5, 0.6) is 0 Å². The van der Waals surface area contributed by atoms with E-state index in [2.05, 4.69) is 4.99 Å². The molecule has 0 atom stereocenters. The van der Waals surface area contributed by atoms with Gasteiger partial charge in [0.15, 0.2) is 5.49 Å². The summed E-state index contributed by atoms with van der Waals surface area (Å²) in [5.74, 6) is 0. The molecule has 1 N–H and O–H groups in total. The zero-order chi connectivity index (χ0) is 10.7. The molecule has 4 heteroatoms. The van der Waals surface area contributed by atoms with Gasteiger partial charge in [-0.15, -0.1) is 0 Å². The highest BCUT2D eigenvalue weighted by Gasteiger charge is 1.95. The van der Waals surface area contributed by atoms with Crippen molar-refractivity contribution in [2.24, 2.45) is 4.99 Å². The van der Waals surface area contributed by atoms with E-state index in [1.807, 2.05) is 12.1 Å². The second-order valence-electron chi connectivity index (χ2n) is 2.97. The van der Waals surface area contributed by atoms with Crippen molar-refractivity contribution in [2.45, 2.75) is 0 Å². The number of halogens is 1. The third kappa shape index (κ3) is 2.19. The topological polar surface area (TPSA) is 37.5 Å². The standard InChI is InChI=1S/C11H9ClN2O/c12-9-5-1-2-6-10(9)13-11-7-3-4-8-14(11)15/h1-8,15H. The Balaban J connectivity index is 2.57. The highest BCUT2D eigenvalue weighted by Crippen LogP contribution is 2.22. The first-order valence-electron chi connectivity index (χ1n) is 4.43. The van der Waals surface area contributed by atoms with E-state index in [1.165, 1.54) is 6.20 Å². The van der Waals surface area contributed by atoms with Crippen LogP contribution in [0.2, 0.25) is 5.02 Å². The molecule has 0 bridgehead atoms. The maximum Gasteiger partial charge on any atom is 0.168 e. The van der Waals surface area contributed by atoms with Crippen LogP contribution in [0.15, 0.2) is 53.7 Å². The van der Waals surface area contributed by atoms with Crippen LogP contribution in [0.25, 0.3) is 0 Å². The fourth-order valence-corrected chi connectivity index (χ4v) is 1.36. The summed E-state index contributed by atoms with van der Waals surface area (Å²) in [5, 5.41) is 10.00. The molecule has 3 nitrogen and oxygen atoms in total. The van der Waals surface area contributed by atoms with Gasteiger partial charge in [0.1, 0.15) is 0 Å². The second-order valence-corrected chi connectivity index (χ2v) is 3.37. The van der Waals surface area contributed by atoms with Crippen molar-refractivity contribution in [1.82, 2.24) is 4.73 Å². The molecule has 0 radical (unpaired) electrons. The molecule has 1 heterocycles. The molecule has 2 rings (SSSR count). The normalized spacial score (nSPS) is 11.7. The fourth-order valence-electron chi connectivity index (χ4n) is 1.18. The van der Waals surface area contributed by atoms with Crippen molar-refractivity contribution in [3.8, 4) is 0 Å². The predicted molar refractivity (Wildman–Crippen MR) is 58.3 cm³/mol. The maximum atomic E-state index is 9.44. The van der Waals surface area contributed by atoms with Crippen molar-refractivity contribution in [3.63, 3.8) is 0 Å². The van der Waals surface area contributed by atoms with E-state index >= 15 is 0 Å². The molecular formula is C11H9ClN2O. The lowest BCUT2D eigenvalue weighted by atomic mass is 10.3. The molecule has 76 valence electrons. The smallest absolute Gasteiger partial charge is 0.168 e. The molecule has 0 spiro atoms. The lowest BCUT2D eigenvalue weighted by Gasteiger charge is -1.99. The molecular weight excluding hydrogens is 212 g/mol. The largest absolute Gasteiger partial charge is 0.427 e. The van der Waals surface area contributed by atoms with Gasteiger partial charge in [-0.3, -0.25) is 0 Å². The molecule has 1 aromatic heterocycles. The fraction of sp³-hybridized carbons (Fsp3) is 0. The average molecular weight is 221 g/mol. The Hall–Kier alpha value is -1.74. The van der Waals surface area contributed by atoms with E-state index in [1.54, 1.807) is 30.3 Å². The first-order chi connectivity index (χ1) is 7.27. The summed E-state index contributed by atoms with van der Waals surface area (Å²) >= 11 is 5.94. The van der Waals surface area contributed by atoms with Crippen molar-refractivity contribution in [2.75, 3.05) is 0 Å². The Kier molecular flexibility index (Phi) is 2.74. The lowest BCUT2D eigenvalue weighted by Crippen LogP contribution is -2.16. The van der Waals surface area contributed by atoms with Crippen LogP contribution < -0.4 is 5.49 Å². The summed E-state index contributed by atoms with van der Waals surface area (Å²) in [6.07, 6.45) is 1.51. The van der Waals surface area contributed by atoms with E-state index in [0.717, 1.165) is 4.73 Å². The molecule has 0 unspecified atom stereocenters. The van der Waals surface area contributed by atoms with Gasteiger partial charge in [0.2, 0.25) is 0 Å². The van der Waals surface area contributed by atoms with E-state index in [-0.39, 0.29) is 0 Å². The molecule has 1 aromatic carbocycles. The third-order valence-electron chi connectivity index (χ3n) is 1.91. The summed E-state index contributed by atoms with van der Waals surface area (Å²) in [6.45, 7) is 0. The zero-order valence-electron chi connectivity index (χ0n) is 7.84. The molecule has 0 saturated heterocycles. The Morgan fingerprint density at radius 3 is 2.53 bits per heavy atom. The predicted octanol–water partition coefficient (Wildman–Crippen LogP) is 2.61. The van der Waals surface area contributed by atoms with Crippen molar-refractivity contribution < 1.29 is 5.21 Å². The van der Waals surface area contributed by atoms with Crippen LogP contribution in [0.3, 0.4) is 0 Å². The van der Waals surface area contributed by atoms with Gasteiger partial charge in [0.05, 0.1) is 10.7 Å². The summed E-state index contributed by atoms with van der Waals surface area (Å²) in [4.78, 5) is 4.22. The van der Waals surface area contributed by atoms with Gasteiger partial charge in [-0.1, -0.05) is 29.8 Å². The van der Waals surface area contributed by atoms with E-state index in [0.29, 0.717) is 16.2 Å². The molecule has 0 amide bonds. The number of para-hydroxylation sites is 1. The number of hydrogen-bond acceptors (Lipinski definition) is 2. The van der Waals surface area contributed by atoms with Gasteiger partial charge < -0.3 is 5.21 Å². The van der Waals surface area contributed by atoms with Crippen LogP contribution in [0, 0.1) is 0 Å². The van der Waals surface area contributed by atoms with Gasteiger partial charge in [-0.05, 0) is 24.3 Å². The minimum absolute atomic E-state index is 0.436. The van der Waals surface area contributed by atoms with Gasteiger partial charge >= 0.3 is 0 Å². The monoisotopic (exact) mass is 220 g/mol. The molecule has 0 saturated carbocycles. The van der Waals surface area contributed by atoms with Crippen LogP contribution >= 0.6 is 11.6 Å². The van der Waals surface area contributed by atoms with Gasteiger partial charge in [-0.2, -0.15) is 4.73 Å². The molecule has 2 aromatic rings. The minimum Gasteiger partial charge on any atom is -0.427 e.